The lowest BCUT2D eigenvalue weighted by Crippen LogP contribution is -2.30. The van der Waals surface area contributed by atoms with Gasteiger partial charge < -0.3 is 14.2 Å². The van der Waals surface area contributed by atoms with Crippen LogP contribution in [0.25, 0.3) is 0 Å². The molecule has 0 spiro atoms. The molecule has 0 radical (unpaired) electrons. The van der Waals surface area contributed by atoms with Gasteiger partial charge in [-0.3, -0.25) is 0 Å². The van der Waals surface area contributed by atoms with Crippen LogP contribution in [-0.4, -0.2) is 30.6 Å². The molecule has 1 aliphatic carbocycles. The second-order valence-electron chi connectivity index (χ2n) is 2.87. The fraction of sp³-hybridized carbons (Fsp3) is 0.571. The van der Waals surface area contributed by atoms with Crippen LogP contribution in [0.5, 0.6) is 0 Å². The molecule has 0 N–H and O–H groups in total. The minimum atomic E-state index is -0.583. The quantitative estimate of drug-likeness (QED) is 0.284. The maximum absolute atomic E-state index is 10.6. The van der Waals surface area contributed by atoms with Crippen molar-refractivity contribution in [1.29, 1.82) is 0 Å². The largest absolute Gasteiger partial charge is 0.509 e. The van der Waals surface area contributed by atoms with E-state index in [-0.39, 0.29) is 24.4 Å². The van der Waals surface area contributed by atoms with Gasteiger partial charge in [0.2, 0.25) is 0 Å². The molecule has 2 saturated heterocycles. The van der Waals surface area contributed by atoms with Gasteiger partial charge in [0.25, 0.3) is 0 Å². The van der Waals surface area contributed by atoms with E-state index in [1.165, 1.54) is 0 Å². The topological polar surface area (TPSA) is 48.1 Å². The second-order valence-corrected chi connectivity index (χ2v) is 2.87. The van der Waals surface area contributed by atoms with Crippen molar-refractivity contribution in [2.75, 3.05) is 0 Å². The van der Waals surface area contributed by atoms with Gasteiger partial charge in [-0.1, -0.05) is 6.08 Å². The summed E-state index contributed by atoms with van der Waals surface area (Å²) in [5.74, 6) is 0. The molecule has 3 aliphatic rings. The van der Waals surface area contributed by atoms with Gasteiger partial charge in [0.1, 0.15) is 12.2 Å². The Morgan fingerprint density at radius 2 is 1.91 bits per heavy atom. The van der Waals surface area contributed by atoms with E-state index < -0.39 is 6.16 Å². The van der Waals surface area contributed by atoms with Gasteiger partial charge in [-0.2, -0.15) is 0 Å². The van der Waals surface area contributed by atoms with Crippen molar-refractivity contribution in [2.24, 2.45) is 0 Å². The van der Waals surface area contributed by atoms with Crippen molar-refractivity contribution in [3.05, 3.63) is 12.2 Å². The van der Waals surface area contributed by atoms with Crippen molar-refractivity contribution in [2.45, 2.75) is 24.4 Å². The molecule has 4 nitrogen and oxygen atoms in total. The lowest BCUT2D eigenvalue weighted by molar-refractivity contribution is 0.109. The summed E-state index contributed by atoms with van der Waals surface area (Å²) in [4.78, 5) is 10.6. The Morgan fingerprint density at radius 3 is 2.82 bits per heavy atom. The lowest BCUT2D eigenvalue weighted by atomic mass is 10.0. The zero-order valence-electron chi connectivity index (χ0n) is 5.60. The molecule has 4 heteroatoms. The smallest absolute Gasteiger partial charge is 0.424 e. The van der Waals surface area contributed by atoms with Gasteiger partial charge in [-0.15, -0.1) is 0 Å². The fourth-order valence-electron chi connectivity index (χ4n) is 1.56. The van der Waals surface area contributed by atoms with E-state index in [0.717, 1.165) is 0 Å². The summed E-state index contributed by atoms with van der Waals surface area (Å²) in [6.07, 6.45) is 2.95. The zero-order chi connectivity index (χ0) is 7.42. The normalized spacial score (nSPS) is 50.7. The molecule has 2 aliphatic heterocycles. The summed E-state index contributed by atoms with van der Waals surface area (Å²) in [5, 5.41) is 0. The third-order valence-corrected chi connectivity index (χ3v) is 2.16. The Hall–Kier alpha value is -1.03. The Labute approximate surface area is 62.7 Å². The summed E-state index contributed by atoms with van der Waals surface area (Å²) in [5.41, 5.74) is 0. The first-order valence-electron chi connectivity index (χ1n) is 3.56. The summed E-state index contributed by atoms with van der Waals surface area (Å²) in [6, 6.07) is 0. The predicted octanol–water partition coefficient (Wildman–Crippen LogP) is 0.228. The highest BCUT2D eigenvalue weighted by molar-refractivity contribution is 5.63. The molecule has 2 heterocycles. The van der Waals surface area contributed by atoms with Crippen LogP contribution in [0.3, 0.4) is 0 Å². The average molecular weight is 154 g/mol. The Bertz CT molecular complexity index is 247. The van der Waals surface area contributed by atoms with E-state index in [9.17, 15) is 4.79 Å². The number of epoxide rings is 1. The fourth-order valence-corrected chi connectivity index (χ4v) is 1.56. The van der Waals surface area contributed by atoms with Crippen LogP contribution in [-0.2, 0) is 14.2 Å². The molecular formula is C7H6O4. The Balaban J connectivity index is 1.93. The summed E-state index contributed by atoms with van der Waals surface area (Å²) in [7, 11) is 0. The molecule has 0 aromatic rings. The van der Waals surface area contributed by atoms with E-state index in [1.54, 1.807) is 0 Å². The minimum absolute atomic E-state index is 0.0523. The zero-order valence-corrected chi connectivity index (χ0v) is 5.60. The first kappa shape index (κ1) is 5.60. The molecule has 11 heavy (non-hydrogen) atoms. The highest BCUT2D eigenvalue weighted by Crippen LogP contribution is 2.38. The molecule has 3 rings (SSSR count). The number of carbonyl (C=O) groups is 1. The summed E-state index contributed by atoms with van der Waals surface area (Å²) in [6.45, 7) is 0. The maximum Gasteiger partial charge on any atom is 0.509 e. The molecule has 4 atom stereocenters. The molecule has 0 bridgehead atoms. The number of ether oxygens (including phenoxy) is 3. The van der Waals surface area contributed by atoms with E-state index in [4.69, 9.17) is 14.2 Å². The second kappa shape index (κ2) is 1.58. The minimum Gasteiger partial charge on any atom is -0.424 e. The monoisotopic (exact) mass is 154 g/mol. The lowest BCUT2D eigenvalue weighted by Gasteiger charge is -2.10. The Morgan fingerprint density at radius 1 is 1.09 bits per heavy atom. The van der Waals surface area contributed by atoms with Crippen LogP contribution in [0, 0.1) is 0 Å². The van der Waals surface area contributed by atoms with Crippen molar-refractivity contribution >= 4 is 6.16 Å². The SMILES string of the molecule is O=C1O[C@@H]2[C@H]3O[C@H]3C=C[C@@H]2O1. The van der Waals surface area contributed by atoms with E-state index in [1.807, 2.05) is 12.2 Å². The molecule has 2 fully saturated rings. The molecule has 0 aromatic carbocycles. The van der Waals surface area contributed by atoms with Gasteiger partial charge in [0.15, 0.2) is 12.2 Å². The third kappa shape index (κ3) is 0.646. The highest BCUT2D eigenvalue weighted by Gasteiger charge is 2.55. The van der Waals surface area contributed by atoms with Gasteiger partial charge in [-0.25, -0.2) is 4.79 Å². The first-order chi connectivity index (χ1) is 5.34. The van der Waals surface area contributed by atoms with Crippen LogP contribution < -0.4 is 0 Å². The van der Waals surface area contributed by atoms with E-state index in [2.05, 4.69) is 0 Å². The van der Waals surface area contributed by atoms with E-state index in [0.29, 0.717) is 0 Å². The number of fused-ring (bicyclic) bond motifs is 3. The number of carbonyl (C=O) groups excluding carboxylic acids is 1. The van der Waals surface area contributed by atoms with Crippen molar-refractivity contribution in [3.63, 3.8) is 0 Å². The van der Waals surface area contributed by atoms with Crippen molar-refractivity contribution in [3.8, 4) is 0 Å². The molecule has 0 saturated carbocycles. The molecular weight excluding hydrogens is 148 g/mol. The summed E-state index contributed by atoms with van der Waals surface area (Å²) >= 11 is 0. The third-order valence-electron chi connectivity index (χ3n) is 2.16. The highest BCUT2D eigenvalue weighted by atomic mass is 16.8. The van der Waals surface area contributed by atoms with Crippen molar-refractivity contribution in [1.82, 2.24) is 0 Å². The van der Waals surface area contributed by atoms with Crippen molar-refractivity contribution < 1.29 is 19.0 Å². The van der Waals surface area contributed by atoms with Crippen LogP contribution in [0.2, 0.25) is 0 Å². The summed E-state index contributed by atoms with van der Waals surface area (Å²) < 4.78 is 14.9. The predicted molar refractivity (Wildman–Crippen MR) is 32.9 cm³/mol. The van der Waals surface area contributed by atoms with Crippen LogP contribution in [0.1, 0.15) is 0 Å². The van der Waals surface area contributed by atoms with E-state index >= 15 is 0 Å². The first-order valence-corrected chi connectivity index (χ1v) is 3.56. The Kier molecular flexibility index (Phi) is 0.806. The van der Waals surface area contributed by atoms with Crippen LogP contribution >= 0.6 is 0 Å². The van der Waals surface area contributed by atoms with Gasteiger partial charge in [0.05, 0.1) is 0 Å². The average Bonchev–Trinajstić information content (AvgIpc) is 2.67. The van der Waals surface area contributed by atoms with Crippen LogP contribution in [0.4, 0.5) is 4.79 Å². The molecule has 0 unspecified atom stereocenters. The van der Waals surface area contributed by atoms with Crippen LogP contribution in [0.15, 0.2) is 12.2 Å². The number of rotatable bonds is 0. The van der Waals surface area contributed by atoms with Gasteiger partial charge in [-0.05, 0) is 6.08 Å². The number of hydrogen-bond donors (Lipinski definition) is 0. The van der Waals surface area contributed by atoms with Gasteiger partial charge in [0, 0.05) is 0 Å². The molecule has 58 valence electrons. The number of hydrogen-bond acceptors (Lipinski definition) is 4. The van der Waals surface area contributed by atoms with Gasteiger partial charge >= 0.3 is 6.16 Å². The molecule has 0 aromatic heterocycles. The standard InChI is InChI=1S/C7H6O4/c8-7-10-4-2-1-3-5(9-3)6(4)11-7/h1-6H/t3-,4-,5-,6-/m0/s1. The maximum atomic E-state index is 10.6. The molecule has 0 amide bonds.